The molecule has 1 saturated heterocycles. The van der Waals surface area contributed by atoms with Gasteiger partial charge in [0.2, 0.25) is 0 Å². The lowest BCUT2D eigenvalue weighted by atomic mass is 10.1. The van der Waals surface area contributed by atoms with Crippen LogP contribution in [0.5, 0.6) is 5.75 Å². The fourth-order valence-corrected chi connectivity index (χ4v) is 3.24. The molecule has 0 bridgehead atoms. The first-order valence-corrected chi connectivity index (χ1v) is 7.96. The molecule has 2 amide bonds. The molecule has 1 aromatic rings. The number of carbonyl (C=O) groups excluding carboxylic acids is 1. The molecule has 2 saturated carbocycles. The minimum absolute atomic E-state index is 0.101. The topological polar surface area (TPSA) is 41.6 Å². The Kier molecular flexibility index (Phi) is 2.88. The number of rotatable bonds is 4. The van der Waals surface area contributed by atoms with Gasteiger partial charge < -0.3 is 15.0 Å². The molecule has 0 spiro atoms. The smallest absolute Gasteiger partial charge is 0.318 e. The molecule has 0 atom stereocenters. The number of benzene rings is 1. The first kappa shape index (κ1) is 13.0. The zero-order valence-electron chi connectivity index (χ0n) is 12.5. The van der Waals surface area contributed by atoms with Gasteiger partial charge in [0.15, 0.2) is 0 Å². The van der Waals surface area contributed by atoms with E-state index in [0.717, 1.165) is 17.2 Å². The van der Waals surface area contributed by atoms with Crippen LogP contribution < -0.4 is 10.1 Å². The van der Waals surface area contributed by atoms with Gasteiger partial charge in [-0.05, 0) is 50.2 Å². The van der Waals surface area contributed by atoms with Crippen molar-refractivity contribution >= 4 is 6.03 Å². The van der Waals surface area contributed by atoms with Crippen LogP contribution in [0.2, 0.25) is 0 Å². The minimum atomic E-state index is 0.101. The normalized spacial score (nSPS) is 23.4. The molecule has 3 fully saturated rings. The maximum atomic E-state index is 12.2. The van der Waals surface area contributed by atoms with E-state index in [9.17, 15) is 4.79 Å². The highest BCUT2D eigenvalue weighted by atomic mass is 16.5. The Bertz CT molecular complexity index is 558. The third-order valence-corrected chi connectivity index (χ3v) is 5.03. The summed E-state index contributed by atoms with van der Waals surface area (Å²) in [6, 6.07) is 8.13. The summed E-state index contributed by atoms with van der Waals surface area (Å²) >= 11 is 0. The van der Waals surface area contributed by atoms with Crippen LogP contribution in [0, 0.1) is 12.8 Å². The molecule has 1 N–H and O–H groups in total. The van der Waals surface area contributed by atoms with Crippen molar-refractivity contribution in [1.82, 2.24) is 10.2 Å². The summed E-state index contributed by atoms with van der Waals surface area (Å²) in [7, 11) is 0. The molecule has 4 heteroatoms. The third-order valence-electron chi connectivity index (χ3n) is 5.03. The van der Waals surface area contributed by atoms with E-state index >= 15 is 0 Å². The minimum Gasteiger partial charge on any atom is -0.486 e. The molecule has 4 nitrogen and oxygen atoms in total. The molecule has 0 aromatic heterocycles. The van der Waals surface area contributed by atoms with Gasteiger partial charge in [-0.25, -0.2) is 4.79 Å². The second-order valence-electron chi connectivity index (χ2n) is 6.77. The van der Waals surface area contributed by atoms with Gasteiger partial charge in [0.1, 0.15) is 11.9 Å². The van der Waals surface area contributed by atoms with Crippen molar-refractivity contribution in [2.75, 3.05) is 13.1 Å². The number of likely N-dealkylation sites (tertiary alicyclic amines) is 1. The average Bonchev–Trinajstić information content (AvgIpc) is 3.27. The van der Waals surface area contributed by atoms with E-state index in [1.54, 1.807) is 0 Å². The van der Waals surface area contributed by atoms with Crippen molar-refractivity contribution < 1.29 is 9.53 Å². The number of hydrogen-bond acceptors (Lipinski definition) is 2. The van der Waals surface area contributed by atoms with Crippen molar-refractivity contribution in [1.29, 1.82) is 0 Å². The first-order chi connectivity index (χ1) is 10.2. The number of para-hydroxylation sites is 1. The molecule has 1 aliphatic heterocycles. The molecular formula is C17H22N2O2. The molecule has 1 aromatic carbocycles. The van der Waals surface area contributed by atoms with E-state index in [1.165, 1.54) is 25.7 Å². The summed E-state index contributed by atoms with van der Waals surface area (Å²) in [4.78, 5) is 14.1. The Morgan fingerprint density at radius 1 is 1.29 bits per heavy atom. The van der Waals surface area contributed by atoms with Gasteiger partial charge in [-0.2, -0.15) is 0 Å². The van der Waals surface area contributed by atoms with Gasteiger partial charge in [0.05, 0.1) is 13.1 Å². The Balaban J connectivity index is 1.27. The standard InChI is InChI=1S/C17H22N2O2/c1-12-4-2-3-5-15(12)21-14-10-19(11-14)16(20)18-17(8-9-17)13-6-7-13/h2-5,13-14H,6-11H2,1H3,(H,18,20). The van der Waals surface area contributed by atoms with Gasteiger partial charge in [-0.3, -0.25) is 0 Å². The van der Waals surface area contributed by atoms with Crippen LogP contribution in [0.1, 0.15) is 31.2 Å². The van der Waals surface area contributed by atoms with Crippen LogP contribution >= 0.6 is 0 Å². The molecule has 2 aliphatic carbocycles. The van der Waals surface area contributed by atoms with Crippen molar-refractivity contribution in [3.8, 4) is 5.75 Å². The van der Waals surface area contributed by atoms with Crippen LogP contribution in [0.3, 0.4) is 0 Å². The van der Waals surface area contributed by atoms with Gasteiger partial charge in [-0.15, -0.1) is 0 Å². The van der Waals surface area contributed by atoms with E-state index in [2.05, 4.69) is 5.32 Å². The van der Waals surface area contributed by atoms with E-state index in [1.807, 2.05) is 36.1 Å². The maximum Gasteiger partial charge on any atom is 0.318 e. The van der Waals surface area contributed by atoms with Crippen LogP contribution in [0.25, 0.3) is 0 Å². The van der Waals surface area contributed by atoms with E-state index in [4.69, 9.17) is 4.74 Å². The first-order valence-electron chi connectivity index (χ1n) is 7.96. The van der Waals surface area contributed by atoms with Crippen molar-refractivity contribution in [3.05, 3.63) is 29.8 Å². The van der Waals surface area contributed by atoms with Crippen LogP contribution in [-0.4, -0.2) is 35.7 Å². The number of carbonyl (C=O) groups is 1. The predicted molar refractivity (Wildman–Crippen MR) is 80.4 cm³/mol. The molecule has 0 radical (unpaired) electrons. The molecule has 0 unspecified atom stereocenters. The molecule has 1 heterocycles. The van der Waals surface area contributed by atoms with E-state index in [-0.39, 0.29) is 17.7 Å². The van der Waals surface area contributed by atoms with Crippen molar-refractivity contribution in [2.45, 2.75) is 44.2 Å². The quantitative estimate of drug-likeness (QED) is 0.924. The Morgan fingerprint density at radius 3 is 2.62 bits per heavy atom. The SMILES string of the molecule is Cc1ccccc1OC1CN(C(=O)NC2(C3CC3)CC2)C1. The van der Waals surface area contributed by atoms with Crippen LogP contribution in [-0.2, 0) is 0 Å². The molecule has 112 valence electrons. The van der Waals surface area contributed by atoms with Crippen molar-refractivity contribution in [3.63, 3.8) is 0 Å². The molecular weight excluding hydrogens is 264 g/mol. The van der Waals surface area contributed by atoms with Gasteiger partial charge in [0, 0.05) is 5.54 Å². The van der Waals surface area contributed by atoms with Gasteiger partial charge in [0.25, 0.3) is 0 Å². The van der Waals surface area contributed by atoms with E-state index < -0.39 is 0 Å². The summed E-state index contributed by atoms with van der Waals surface area (Å²) < 4.78 is 5.95. The summed E-state index contributed by atoms with van der Waals surface area (Å²) in [6.45, 7) is 3.44. The summed E-state index contributed by atoms with van der Waals surface area (Å²) in [5, 5.41) is 3.26. The van der Waals surface area contributed by atoms with Gasteiger partial charge >= 0.3 is 6.03 Å². The predicted octanol–water partition coefficient (Wildman–Crippen LogP) is 2.71. The fraction of sp³-hybridized carbons (Fsp3) is 0.588. The second kappa shape index (κ2) is 4.65. The number of aryl methyl sites for hydroxylation is 1. The number of ether oxygens (including phenoxy) is 1. The average molecular weight is 286 g/mol. The summed E-state index contributed by atoms with van der Waals surface area (Å²) in [5.74, 6) is 1.68. The fourth-order valence-electron chi connectivity index (χ4n) is 3.24. The van der Waals surface area contributed by atoms with Gasteiger partial charge in [-0.1, -0.05) is 18.2 Å². The number of urea groups is 1. The zero-order chi connectivity index (χ0) is 14.4. The lowest BCUT2D eigenvalue weighted by molar-refractivity contribution is 0.0423. The summed E-state index contributed by atoms with van der Waals surface area (Å²) in [6.07, 6.45) is 5.05. The van der Waals surface area contributed by atoms with Crippen LogP contribution in [0.15, 0.2) is 24.3 Å². The number of amides is 2. The van der Waals surface area contributed by atoms with E-state index in [0.29, 0.717) is 13.1 Å². The lowest BCUT2D eigenvalue weighted by Crippen LogP contribution is -2.60. The Morgan fingerprint density at radius 2 is 2.00 bits per heavy atom. The lowest BCUT2D eigenvalue weighted by Gasteiger charge is -2.40. The maximum absolute atomic E-state index is 12.2. The molecule has 4 rings (SSSR count). The molecule has 3 aliphatic rings. The highest BCUT2D eigenvalue weighted by molar-refractivity contribution is 5.76. The monoisotopic (exact) mass is 286 g/mol. The number of hydrogen-bond donors (Lipinski definition) is 1. The Labute approximate surface area is 125 Å². The largest absolute Gasteiger partial charge is 0.486 e. The number of nitrogens with one attached hydrogen (secondary N) is 1. The highest BCUT2D eigenvalue weighted by Gasteiger charge is 2.55. The summed E-state index contributed by atoms with van der Waals surface area (Å²) in [5.41, 5.74) is 1.31. The van der Waals surface area contributed by atoms with Crippen LogP contribution in [0.4, 0.5) is 4.79 Å². The van der Waals surface area contributed by atoms with Crippen molar-refractivity contribution in [2.24, 2.45) is 5.92 Å². The molecule has 21 heavy (non-hydrogen) atoms. The number of nitrogens with zero attached hydrogens (tertiary/aromatic N) is 1. The Hall–Kier alpha value is -1.71. The third kappa shape index (κ3) is 2.47. The second-order valence-corrected chi connectivity index (χ2v) is 6.77. The highest BCUT2D eigenvalue weighted by Crippen LogP contribution is 2.53. The zero-order valence-corrected chi connectivity index (χ0v) is 12.5.